The third kappa shape index (κ3) is 6.41. The molecule has 2 aromatic heterocycles. The fourth-order valence-corrected chi connectivity index (χ4v) is 8.65. The van der Waals surface area contributed by atoms with Gasteiger partial charge in [0, 0.05) is 21.2 Å². The molecular weight excluding hydrogens is 685 g/mol. The van der Waals surface area contributed by atoms with Gasteiger partial charge < -0.3 is 0 Å². The number of benzene rings is 8. The first-order valence-electron chi connectivity index (χ1n) is 18.6. The average Bonchev–Trinajstić information content (AvgIpc) is 3.66. The minimum Gasteiger partial charge on any atom is -0.226 e. The van der Waals surface area contributed by atoms with E-state index >= 15 is 0 Å². The van der Waals surface area contributed by atoms with Gasteiger partial charge in [-0.1, -0.05) is 164 Å². The van der Waals surface area contributed by atoms with Crippen LogP contribution in [-0.2, 0) is 0 Å². The van der Waals surface area contributed by atoms with E-state index in [2.05, 4.69) is 206 Å². The van der Waals surface area contributed by atoms with Gasteiger partial charge in [0.1, 0.15) is 0 Å². The quantitative estimate of drug-likeness (QED) is 0.164. The van der Waals surface area contributed by atoms with Crippen LogP contribution in [-0.4, -0.2) is 9.97 Å². The minimum absolute atomic E-state index is 0.720. The zero-order valence-electron chi connectivity index (χ0n) is 29.9. The van der Waals surface area contributed by atoms with Crippen LogP contribution in [0.5, 0.6) is 0 Å². The Kier molecular flexibility index (Phi) is 8.40. The summed E-state index contributed by atoms with van der Waals surface area (Å²) in [7, 11) is 0. The van der Waals surface area contributed by atoms with Crippen molar-refractivity contribution < 1.29 is 0 Å². The molecule has 2 nitrogen and oxygen atoms in total. The standard InChI is InChI=1S/C52H34N2S/c1-4-15-35(16-5-1)38-21-13-25-42(30-38)49-51-50(47-27-10-11-28-48(47)55-51)54-52(53-49)43-26-14-23-40(31-43)39-22-12-24-41(29-39)46-33-44(36-17-6-2-7-18-36)32-45(34-46)37-19-8-3-9-20-37/h1-34H. The zero-order valence-corrected chi connectivity index (χ0v) is 30.7. The van der Waals surface area contributed by atoms with Crippen molar-refractivity contribution >= 4 is 31.6 Å². The second kappa shape index (κ2) is 14.1. The summed E-state index contributed by atoms with van der Waals surface area (Å²) in [6.07, 6.45) is 0. The number of thiophene rings is 1. The van der Waals surface area contributed by atoms with E-state index in [1.807, 2.05) is 0 Å². The topological polar surface area (TPSA) is 25.8 Å². The normalized spacial score (nSPS) is 11.3. The first-order chi connectivity index (χ1) is 27.2. The Hall–Kier alpha value is -6.94. The molecule has 0 aliphatic heterocycles. The first kappa shape index (κ1) is 32.7. The van der Waals surface area contributed by atoms with E-state index in [-0.39, 0.29) is 0 Å². The smallest absolute Gasteiger partial charge is 0.160 e. The predicted molar refractivity (Wildman–Crippen MR) is 233 cm³/mol. The second-order valence-corrected chi connectivity index (χ2v) is 14.9. The lowest BCUT2D eigenvalue weighted by Crippen LogP contribution is -1.94. The molecule has 0 bridgehead atoms. The molecule has 0 amide bonds. The summed E-state index contributed by atoms with van der Waals surface area (Å²) < 4.78 is 2.31. The molecular formula is C52H34N2S. The Morgan fingerprint density at radius 3 is 1.27 bits per heavy atom. The molecule has 10 aromatic rings. The SMILES string of the molecule is c1ccc(-c2cc(-c3ccccc3)cc(-c3cccc(-c4cccc(-c5nc(-c6cccc(-c7ccccc7)c6)c6sc7ccccc7c6n5)c4)c3)c2)cc1. The molecule has 0 radical (unpaired) electrons. The number of hydrogen-bond acceptors (Lipinski definition) is 3. The third-order valence-electron chi connectivity index (χ3n) is 10.3. The van der Waals surface area contributed by atoms with E-state index in [1.54, 1.807) is 11.3 Å². The van der Waals surface area contributed by atoms with E-state index in [9.17, 15) is 0 Å². The summed E-state index contributed by atoms with van der Waals surface area (Å²) in [6, 6.07) is 73.5. The van der Waals surface area contributed by atoms with Crippen LogP contribution in [0.1, 0.15) is 0 Å². The number of aromatic nitrogens is 2. The van der Waals surface area contributed by atoms with Gasteiger partial charge >= 0.3 is 0 Å². The van der Waals surface area contributed by atoms with Gasteiger partial charge in [-0.05, 0) is 98.1 Å². The molecule has 0 saturated heterocycles. The summed E-state index contributed by atoms with van der Waals surface area (Å²) in [5.41, 5.74) is 15.8. The van der Waals surface area contributed by atoms with Crippen LogP contribution in [0.4, 0.5) is 0 Å². The molecule has 0 unspecified atom stereocenters. The largest absolute Gasteiger partial charge is 0.226 e. The lowest BCUT2D eigenvalue weighted by molar-refractivity contribution is 1.24. The van der Waals surface area contributed by atoms with E-state index < -0.39 is 0 Å². The molecule has 0 aliphatic rings. The number of hydrogen-bond donors (Lipinski definition) is 0. The summed E-state index contributed by atoms with van der Waals surface area (Å²) >= 11 is 1.76. The summed E-state index contributed by atoms with van der Waals surface area (Å²) in [4.78, 5) is 10.6. The summed E-state index contributed by atoms with van der Waals surface area (Å²) in [5.74, 6) is 0.720. The van der Waals surface area contributed by atoms with Crippen LogP contribution >= 0.6 is 11.3 Å². The Balaban J connectivity index is 1.08. The molecule has 8 aromatic carbocycles. The van der Waals surface area contributed by atoms with Crippen molar-refractivity contribution in [2.24, 2.45) is 0 Å². The zero-order chi connectivity index (χ0) is 36.6. The minimum atomic E-state index is 0.720. The van der Waals surface area contributed by atoms with Gasteiger partial charge in [-0.3, -0.25) is 0 Å². The van der Waals surface area contributed by atoms with Crippen molar-refractivity contribution in [3.05, 3.63) is 206 Å². The van der Waals surface area contributed by atoms with Gasteiger partial charge in [0.05, 0.1) is 15.9 Å². The second-order valence-electron chi connectivity index (χ2n) is 13.8. The highest BCUT2D eigenvalue weighted by atomic mass is 32.1. The van der Waals surface area contributed by atoms with Gasteiger partial charge in [0.2, 0.25) is 0 Å². The monoisotopic (exact) mass is 718 g/mol. The van der Waals surface area contributed by atoms with Crippen molar-refractivity contribution in [3.63, 3.8) is 0 Å². The molecule has 0 N–H and O–H groups in total. The molecule has 10 rings (SSSR count). The maximum absolute atomic E-state index is 5.35. The van der Waals surface area contributed by atoms with Gasteiger partial charge in [-0.15, -0.1) is 11.3 Å². The van der Waals surface area contributed by atoms with E-state index in [4.69, 9.17) is 9.97 Å². The summed E-state index contributed by atoms with van der Waals surface area (Å²) in [6.45, 7) is 0. The molecule has 0 spiro atoms. The van der Waals surface area contributed by atoms with Crippen LogP contribution < -0.4 is 0 Å². The highest BCUT2D eigenvalue weighted by Gasteiger charge is 2.18. The Morgan fingerprint density at radius 1 is 0.291 bits per heavy atom. The van der Waals surface area contributed by atoms with Crippen molar-refractivity contribution in [1.82, 2.24) is 9.97 Å². The lowest BCUT2D eigenvalue weighted by atomic mass is 9.92. The maximum Gasteiger partial charge on any atom is 0.160 e. The Labute approximate surface area is 324 Å². The highest BCUT2D eigenvalue weighted by Crippen LogP contribution is 2.41. The third-order valence-corrected chi connectivity index (χ3v) is 11.4. The fraction of sp³-hybridized carbons (Fsp3) is 0. The van der Waals surface area contributed by atoms with Gasteiger partial charge in [-0.2, -0.15) is 0 Å². The van der Waals surface area contributed by atoms with Crippen LogP contribution in [0, 0.1) is 0 Å². The van der Waals surface area contributed by atoms with Crippen molar-refractivity contribution in [1.29, 1.82) is 0 Å². The van der Waals surface area contributed by atoms with Gasteiger partial charge in [-0.25, -0.2) is 9.97 Å². The molecule has 0 fully saturated rings. The Morgan fingerprint density at radius 2 is 0.673 bits per heavy atom. The fourth-order valence-electron chi connectivity index (χ4n) is 7.50. The van der Waals surface area contributed by atoms with E-state index in [0.717, 1.165) is 49.4 Å². The van der Waals surface area contributed by atoms with E-state index in [0.29, 0.717) is 0 Å². The van der Waals surface area contributed by atoms with Crippen LogP contribution in [0.2, 0.25) is 0 Å². The lowest BCUT2D eigenvalue weighted by Gasteiger charge is -2.13. The number of rotatable bonds is 7. The molecule has 258 valence electrons. The van der Waals surface area contributed by atoms with Crippen LogP contribution in [0.3, 0.4) is 0 Å². The van der Waals surface area contributed by atoms with Crippen LogP contribution in [0.15, 0.2) is 206 Å². The molecule has 3 heteroatoms. The molecule has 2 heterocycles. The molecule has 0 aliphatic carbocycles. The van der Waals surface area contributed by atoms with Gasteiger partial charge in [0.15, 0.2) is 5.82 Å². The van der Waals surface area contributed by atoms with Crippen molar-refractivity contribution in [3.8, 4) is 78.3 Å². The van der Waals surface area contributed by atoms with Crippen molar-refractivity contribution in [2.45, 2.75) is 0 Å². The molecule has 55 heavy (non-hydrogen) atoms. The molecule has 0 atom stereocenters. The average molecular weight is 719 g/mol. The Bertz CT molecular complexity index is 2910. The van der Waals surface area contributed by atoms with E-state index in [1.165, 1.54) is 49.2 Å². The van der Waals surface area contributed by atoms with Crippen molar-refractivity contribution in [2.75, 3.05) is 0 Å². The number of fused-ring (bicyclic) bond motifs is 3. The predicted octanol–water partition coefficient (Wildman–Crippen LogP) is 14.5. The highest BCUT2D eigenvalue weighted by molar-refractivity contribution is 7.26. The summed E-state index contributed by atoms with van der Waals surface area (Å²) in [5, 5.41) is 1.16. The van der Waals surface area contributed by atoms with Crippen LogP contribution in [0.25, 0.3) is 98.6 Å². The number of nitrogens with zero attached hydrogens (tertiary/aromatic N) is 2. The van der Waals surface area contributed by atoms with Gasteiger partial charge in [0.25, 0.3) is 0 Å². The molecule has 0 saturated carbocycles. The maximum atomic E-state index is 5.35. The first-order valence-corrected chi connectivity index (χ1v) is 19.4.